The van der Waals surface area contributed by atoms with Crippen LogP contribution in [-0.4, -0.2) is 74.4 Å². The molecule has 11 heteroatoms. The molecule has 0 aliphatic carbocycles. The average Bonchev–Trinajstić information content (AvgIpc) is 2.89. The predicted octanol–water partition coefficient (Wildman–Crippen LogP) is 1.08. The fraction of sp³-hybridized carbons (Fsp3) is 0.571. The summed E-state index contributed by atoms with van der Waals surface area (Å²) >= 11 is 0. The Morgan fingerprint density at radius 2 is 1.59 bits per heavy atom. The van der Waals surface area contributed by atoms with Crippen LogP contribution in [-0.2, 0) is 20.8 Å². The minimum atomic E-state index is -1.35. The minimum Gasteiger partial charge on any atom is -0.423 e. The van der Waals surface area contributed by atoms with E-state index in [0.29, 0.717) is 24.2 Å². The molecule has 0 aliphatic heterocycles. The van der Waals surface area contributed by atoms with Crippen LogP contribution in [0.3, 0.4) is 0 Å². The fourth-order valence-corrected chi connectivity index (χ4v) is 3.86. The number of unbranched alkanes of at least 4 members (excludes halogenated alkanes) is 3. The van der Waals surface area contributed by atoms with Gasteiger partial charge in [-0.25, -0.2) is 4.79 Å². The van der Waals surface area contributed by atoms with Gasteiger partial charge in [0.1, 0.15) is 11.7 Å². The first-order valence-corrected chi connectivity index (χ1v) is 13.3. The number of aliphatic hydroxyl groups excluding tert-OH is 2. The molecule has 0 fully saturated rings. The molecule has 1 aromatic carbocycles. The van der Waals surface area contributed by atoms with Gasteiger partial charge in [-0.15, -0.1) is 0 Å². The molecule has 3 amide bonds. The second-order valence-corrected chi connectivity index (χ2v) is 10.5. The van der Waals surface area contributed by atoms with Crippen LogP contribution in [0.25, 0.3) is 11.0 Å². The average molecular weight is 547 g/mol. The van der Waals surface area contributed by atoms with Crippen molar-refractivity contribution < 1.29 is 29.0 Å². The van der Waals surface area contributed by atoms with E-state index in [1.165, 1.54) is 6.07 Å². The van der Waals surface area contributed by atoms with Crippen molar-refractivity contribution in [2.24, 2.45) is 5.41 Å². The fourth-order valence-electron chi connectivity index (χ4n) is 3.86. The molecule has 11 nitrogen and oxygen atoms in total. The number of amides is 3. The maximum Gasteiger partial charge on any atom is 0.336 e. The molecule has 1 atom stereocenters. The molecule has 0 saturated carbocycles. The SMILES string of the molecule is CN(C)c1ccc2c(CC(=O)NCCCCCCNC(=O)CCNC(=O)[C@H](O)C(C)(C)CO)cc(=O)oc2c1. The van der Waals surface area contributed by atoms with E-state index in [0.717, 1.165) is 36.8 Å². The van der Waals surface area contributed by atoms with E-state index in [4.69, 9.17) is 4.42 Å². The lowest BCUT2D eigenvalue weighted by molar-refractivity contribution is -0.137. The Hall–Kier alpha value is -3.44. The summed E-state index contributed by atoms with van der Waals surface area (Å²) in [6.45, 7) is 3.95. The predicted molar refractivity (Wildman–Crippen MR) is 150 cm³/mol. The molecule has 0 radical (unpaired) electrons. The van der Waals surface area contributed by atoms with Crippen LogP contribution in [0.1, 0.15) is 51.5 Å². The van der Waals surface area contributed by atoms with Crippen LogP contribution in [0.4, 0.5) is 5.69 Å². The Kier molecular flexibility index (Phi) is 12.4. The van der Waals surface area contributed by atoms with Crippen molar-refractivity contribution in [2.75, 3.05) is 45.2 Å². The molecule has 1 aromatic heterocycles. The van der Waals surface area contributed by atoms with Crippen LogP contribution in [0.2, 0.25) is 0 Å². The molecule has 0 saturated heterocycles. The first-order chi connectivity index (χ1) is 18.4. The third-order valence-electron chi connectivity index (χ3n) is 6.48. The Labute approximate surface area is 228 Å². The molecule has 216 valence electrons. The Morgan fingerprint density at radius 1 is 0.949 bits per heavy atom. The van der Waals surface area contributed by atoms with Gasteiger partial charge in [0.25, 0.3) is 0 Å². The van der Waals surface area contributed by atoms with E-state index in [1.54, 1.807) is 19.9 Å². The van der Waals surface area contributed by atoms with Gasteiger partial charge in [-0.3, -0.25) is 14.4 Å². The van der Waals surface area contributed by atoms with Gasteiger partial charge >= 0.3 is 5.63 Å². The number of rotatable bonds is 16. The smallest absolute Gasteiger partial charge is 0.336 e. The van der Waals surface area contributed by atoms with Crippen molar-refractivity contribution in [1.82, 2.24) is 16.0 Å². The van der Waals surface area contributed by atoms with Crippen LogP contribution in [0.5, 0.6) is 0 Å². The Bertz CT molecular complexity index is 1180. The van der Waals surface area contributed by atoms with E-state index in [2.05, 4.69) is 16.0 Å². The van der Waals surface area contributed by atoms with Crippen molar-refractivity contribution in [3.05, 3.63) is 40.2 Å². The van der Waals surface area contributed by atoms with E-state index >= 15 is 0 Å². The molecule has 0 spiro atoms. The summed E-state index contributed by atoms with van der Waals surface area (Å²) in [5.41, 5.74) is 0.536. The summed E-state index contributed by atoms with van der Waals surface area (Å²) in [6.07, 6.45) is 2.18. The summed E-state index contributed by atoms with van der Waals surface area (Å²) in [5.74, 6) is -0.973. The zero-order chi connectivity index (χ0) is 29.0. The van der Waals surface area contributed by atoms with Gasteiger partial charge in [0.2, 0.25) is 17.7 Å². The van der Waals surface area contributed by atoms with Gasteiger partial charge in [0, 0.05) is 68.8 Å². The highest BCUT2D eigenvalue weighted by Crippen LogP contribution is 2.23. The Morgan fingerprint density at radius 3 is 2.21 bits per heavy atom. The molecule has 2 aromatic rings. The molecule has 2 rings (SSSR count). The van der Waals surface area contributed by atoms with Crippen LogP contribution >= 0.6 is 0 Å². The highest BCUT2D eigenvalue weighted by molar-refractivity contribution is 5.88. The van der Waals surface area contributed by atoms with Crippen molar-refractivity contribution in [3.63, 3.8) is 0 Å². The largest absolute Gasteiger partial charge is 0.423 e. The molecule has 0 aliphatic rings. The first-order valence-electron chi connectivity index (χ1n) is 13.3. The number of carbonyl (C=O) groups is 3. The lowest BCUT2D eigenvalue weighted by Gasteiger charge is -2.27. The van der Waals surface area contributed by atoms with Gasteiger partial charge < -0.3 is 35.5 Å². The molecular formula is C28H42N4O7. The molecule has 5 N–H and O–H groups in total. The summed E-state index contributed by atoms with van der Waals surface area (Å²) in [4.78, 5) is 50.1. The Balaban J connectivity index is 1.59. The van der Waals surface area contributed by atoms with Crippen LogP contribution in [0, 0.1) is 5.41 Å². The van der Waals surface area contributed by atoms with Gasteiger partial charge in [0.15, 0.2) is 0 Å². The standard InChI is InChI=1S/C28H42N4O7/c1-28(2,18-33)26(37)27(38)31-14-11-23(34)29-12-7-5-6-8-13-30-24(35)15-19-16-25(36)39-22-17-20(32(3)4)9-10-21(19)22/h9-10,16-17,26,33,37H,5-8,11-15,18H2,1-4H3,(H,29,34)(H,30,35)(H,31,38)/t26-/m0/s1. The van der Waals surface area contributed by atoms with Gasteiger partial charge in [-0.05, 0) is 30.5 Å². The second-order valence-electron chi connectivity index (χ2n) is 10.5. The summed E-state index contributed by atoms with van der Waals surface area (Å²) in [5, 5.41) is 28.1. The third kappa shape index (κ3) is 10.3. The number of hydrogen-bond donors (Lipinski definition) is 5. The highest BCUT2D eigenvalue weighted by atomic mass is 16.4. The monoisotopic (exact) mass is 546 g/mol. The second kappa shape index (κ2) is 15.2. The molecule has 0 unspecified atom stereocenters. The number of benzene rings is 1. The highest BCUT2D eigenvalue weighted by Gasteiger charge is 2.32. The number of hydrogen-bond acceptors (Lipinski definition) is 8. The maximum absolute atomic E-state index is 12.4. The summed E-state index contributed by atoms with van der Waals surface area (Å²) in [6, 6.07) is 6.91. The van der Waals surface area contributed by atoms with Gasteiger partial charge in [-0.1, -0.05) is 26.7 Å². The molecule has 1 heterocycles. The lowest BCUT2D eigenvalue weighted by atomic mass is 9.87. The number of aliphatic hydroxyl groups is 2. The van der Waals surface area contributed by atoms with E-state index < -0.39 is 23.1 Å². The molecular weight excluding hydrogens is 504 g/mol. The minimum absolute atomic E-state index is 0.0913. The van der Waals surface area contributed by atoms with E-state index in [-0.39, 0.29) is 37.8 Å². The topological polar surface area (TPSA) is 161 Å². The first kappa shape index (κ1) is 31.8. The van der Waals surface area contributed by atoms with Crippen LogP contribution < -0.4 is 26.5 Å². The van der Waals surface area contributed by atoms with Crippen molar-refractivity contribution in [1.29, 1.82) is 0 Å². The van der Waals surface area contributed by atoms with Gasteiger partial charge in [0.05, 0.1) is 13.0 Å². The summed E-state index contributed by atoms with van der Waals surface area (Å²) < 4.78 is 5.31. The van der Waals surface area contributed by atoms with Crippen molar-refractivity contribution in [2.45, 2.75) is 58.5 Å². The van der Waals surface area contributed by atoms with Crippen molar-refractivity contribution >= 4 is 34.4 Å². The number of carbonyl (C=O) groups excluding carboxylic acids is 3. The van der Waals surface area contributed by atoms with Gasteiger partial charge in [-0.2, -0.15) is 0 Å². The number of nitrogens with one attached hydrogen (secondary N) is 3. The molecule has 0 bridgehead atoms. The summed E-state index contributed by atoms with van der Waals surface area (Å²) in [7, 11) is 3.79. The number of anilines is 1. The molecule has 39 heavy (non-hydrogen) atoms. The number of nitrogens with zero attached hydrogens (tertiary/aromatic N) is 1. The van der Waals surface area contributed by atoms with E-state index in [1.807, 2.05) is 31.1 Å². The van der Waals surface area contributed by atoms with Crippen LogP contribution in [0.15, 0.2) is 33.5 Å². The zero-order valence-electron chi connectivity index (χ0n) is 23.3. The lowest BCUT2D eigenvalue weighted by Crippen LogP contribution is -2.46. The van der Waals surface area contributed by atoms with E-state index in [9.17, 15) is 29.4 Å². The maximum atomic E-state index is 12.4. The quantitative estimate of drug-likeness (QED) is 0.154. The third-order valence-corrected chi connectivity index (χ3v) is 6.48. The number of fused-ring (bicyclic) bond motifs is 1. The van der Waals surface area contributed by atoms with Crippen molar-refractivity contribution in [3.8, 4) is 0 Å². The normalized spacial score (nSPS) is 12.2. The zero-order valence-corrected chi connectivity index (χ0v) is 23.3.